The van der Waals surface area contributed by atoms with Gasteiger partial charge in [-0.15, -0.1) is 0 Å². The molecule has 158 valence electrons. The summed E-state index contributed by atoms with van der Waals surface area (Å²) in [5.74, 6) is 1.02. The topological polar surface area (TPSA) is 62.1 Å². The van der Waals surface area contributed by atoms with Crippen LogP contribution in [0.4, 0.5) is 4.39 Å². The summed E-state index contributed by atoms with van der Waals surface area (Å²) in [7, 11) is 0. The summed E-state index contributed by atoms with van der Waals surface area (Å²) in [6.45, 7) is 1.21. The molecule has 0 spiro atoms. The van der Waals surface area contributed by atoms with E-state index in [-0.39, 0.29) is 17.6 Å². The van der Waals surface area contributed by atoms with E-state index in [9.17, 15) is 9.18 Å². The van der Waals surface area contributed by atoms with E-state index in [4.69, 9.17) is 16.0 Å². The van der Waals surface area contributed by atoms with Crippen LogP contribution < -0.4 is 0 Å². The Morgan fingerprint density at radius 3 is 3.00 bits per heavy atom. The maximum absolute atomic E-state index is 13.5. The molecule has 0 radical (unpaired) electrons. The van der Waals surface area contributed by atoms with Crippen molar-refractivity contribution in [2.75, 3.05) is 13.1 Å². The lowest BCUT2D eigenvalue weighted by atomic mass is 9.97. The highest BCUT2D eigenvalue weighted by molar-refractivity contribution is 6.31. The maximum Gasteiger partial charge on any atom is 0.270 e. The van der Waals surface area contributed by atoms with Gasteiger partial charge in [0.2, 0.25) is 0 Å². The number of hydrogen-bond donors (Lipinski definition) is 1. The third kappa shape index (κ3) is 4.08. The summed E-state index contributed by atoms with van der Waals surface area (Å²) in [5.41, 5.74) is 2.07. The van der Waals surface area contributed by atoms with E-state index in [1.165, 1.54) is 12.1 Å². The van der Waals surface area contributed by atoms with Crippen molar-refractivity contribution in [1.82, 2.24) is 14.9 Å². The van der Waals surface area contributed by atoms with Crippen LogP contribution in [-0.4, -0.2) is 33.9 Å². The molecule has 2 aromatic heterocycles. The van der Waals surface area contributed by atoms with Gasteiger partial charge in [-0.25, -0.2) is 9.37 Å². The number of rotatable bonds is 4. The van der Waals surface area contributed by atoms with Crippen molar-refractivity contribution in [2.24, 2.45) is 0 Å². The third-order valence-electron chi connectivity index (χ3n) is 5.77. The van der Waals surface area contributed by atoms with E-state index >= 15 is 0 Å². The van der Waals surface area contributed by atoms with Crippen molar-refractivity contribution in [2.45, 2.75) is 25.2 Å². The number of piperidine rings is 1. The summed E-state index contributed by atoms with van der Waals surface area (Å²) < 4.78 is 19.5. The highest BCUT2D eigenvalue weighted by atomic mass is 35.5. The molecule has 0 saturated carbocycles. The molecule has 4 aromatic rings. The predicted molar refractivity (Wildman–Crippen MR) is 117 cm³/mol. The van der Waals surface area contributed by atoms with Crippen LogP contribution in [-0.2, 0) is 6.42 Å². The van der Waals surface area contributed by atoms with E-state index in [0.717, 1.165) is 29.6 Å². The summed E-state index contributed by atoms with van der Waals surface area (Å²) in [5, 5.41) is 1.52. The Labute approximate surface area is 183 Å². The Bertz CT molecular complexity index is 1250. The number of fused-ring (bicyclic) bond motifs is 1. The highest BCUT2D eigenvalue weighted by Gasteiger charge is 2.29. The van der Waals surface area contributed by atoms with Crippen LogP contribution in [0.3, 0.4) is 0 Å². The van der Waals surface area contributed by atoms with Crippen LogP contribution in [0, 0.1) is 5.82 Å². The van der Waals surface area contributed by atoms with E-state index in [1.54, 1.807) is 18.3 Å². The minimum atomic E-state index is -0.331. The van der Waals surface area contributed by atoms with Gasteiger partial charge in [0.25, 0.3) is 5.91 Å². The fourth-order valence-electron chi connectivity index (χ4n) is 4.17. The first kappa shape index (κ1) is 19.8. The molecule has 5 nitrogen and oxygen atoms in total. The maximum atomic E-state index is 13.5. The second kappa shape index (κ2) is 8.19. The molecule has 3 heterocycles. The third-order valence-corrected chi connectivity index (χ3v) is 6.14. The number of benzene rings is 2. The highest BCUT2D eigenvalue weighted by Crippen LogP contribution is 2.29. The average Bonchev–Trinajstić information content (AvgIpc) is 3.42. The first-order valence-corrected chi connectivity index (χ1v) is 10.7. The van der Waals surface area contributed by atoms with Gasteiger partial charge in [-0.05, 0) is 48.7 Å². The fraction of sp³-hybridized carbons (Fsp3) is 0.250. The summed E-state index contributed by atoms with van der Waals surface area (Å²) in [6, 6.07) is 13.9. The lowest BCUT2D eigenvalue weighted by Crippen LogP contribution is -2.39. The van der Waals surface area contributed by atoms with Crippen LogP contribution >= 0.6 is 11.6 Å². The number of nitrogens with zero attached hydrogens (tertiary/aromatic N) is 2. The largest absolute Gasteiger partial charge is 0.445 e. The summed E-state index contributed by atoms with van der Waals surface area (Å²) in [4.78, 5) is 22.4. The number of nitrogens with one attached hydrogen (secondary N) is 1. The number of H-pyrrole nitrogens is 1. The molecule has 1 aliphatic rings. The summed E-state index contributed by atoms with van der Waals surface area (Å²) in [6.07, 6.45) is 4.10. The van der Waals surface area contributed by atoms with E-state index in [0.29, 0.717) is 41.6 Å². The molecule has 1 unspecified atom stereocenters. The fourth-order valence-corrected chi connectivity index (χ4v) is 4.37. The zero-order chi connectivity index (χ0) is 21.4. The zero-order valence-electron chi connectivity index (χ0n) is 16.8. The summed E-state index contributed by atoms with van der Waals surface area (Å²) >= 11 is 6.25. The Balaban J connectivity index is 1.30. The first-order valence-electron chi connectivity index (χ1n) is 10.3. The second-order valence-electron chi connectivity index (χ2n) is 7.94. The van der Waals surface area contributed by atoms with Gasteiger partial charge in [0, 0.05) is 35.4 Å². The lowest BCUT2D eigenvalue weighted by molar-refractivity contribution is 0.0693. The van der Waals surface area contributed by atoms with Gasteiger partial charge in [0.15, 0.2) is 5.89 Å². The van der Waals surface area contributed by atoms with Crippen molar-refractivity contribution >= 4 is 28.4 Å². The van der Waals surface area contributed by atoms with Crippen LogP contribution in [0.2, 0.25) is 5.02 Å². The van der Waals surface area contributed by atoms with Crippen LogP contribution in [0.25, 0.3) is 10.9 Å². The van der Waals surface area contributed by atoms with Crippen molar-refractivity contribution in [3.05, 3.63) is 88.5 Å². The molecule has 7 heteroatoms. The predicted octanol–water partition coefficient (Wildman–Crippen LogP) is 5.56. The normalized spacial score (nSPS) is 16.7. The number of hydrogen-bond acceptors (Lipinski definition) is 3. The minimum Gasteiger partial charge on any atom is -0.445 e. The SMILES string of the molecule is O=C(c1cc2ccc(F)cc2[nH]1)N1CCCC(c2ncc(Cc3ccccc3Cl)o2)C1. The van der Waals surface area contributed by atoms with E-state index < -0.39 is 0 Å². The Kier molecular flexibility index (Phi) is 5.24. The van der Waals surface area contributed by atoms with Gasteiger partial charge in [-0.1, -0.05) is 29.8 Å². The quantitative estimate of drug-likeness (QED) is 0.454. The van der Waals surface area contributed by atoms with Gasteiger partial charge in [-0.3, -0.25) is 4.79 Å². The molecular weight excluding hydrogens is 417 g/mol. The number of likely N-dealkylation sites (tertiary alicyclic amines) is 1. The van der Waals surface area contributed by atoms with Crippen LogP contribution in [0.15, 0.2) is 59.1 Å². The van der Waals surface area contributed by atoms with Gasteiger partial charge >= 0.3 is 0 Å². The number of aromatic nitrogens is 2. The number of oxazole rings is 1. The molecular formula is C24H21ClFN3O2. The van der Waals surface area contributed by atoms with Crippen molar-refractivity contribution in [3.8, 4) is 0 Å². The second-order valence-corrected chi connectivity index (χ2v) is 8.35. The van der Waals surface area contributed by atoms with Gasteiger partial charge in [-0.2, -0.15) is 0 Å². The van der Waals surface area contributed by atoms with Crippen LogP contribution in [0.5, 0.6) is 0 Å². The van der Waals surface area contributed by atoms with Crippen LogP contribution in [0.1, 0.15) is 46.5 Å². The van der Waals surface area contributed by atoms with Gasteiger partial charge in [0.1, 0.15) is 17.3 Å². The first-order chi connectivity index (χ1) is 15.1. The molecule has 0 bridgehead atoms. The molecule has 1 amide bonds. The Morgan fingerprint density at radius 1 is 1.26 bits per heavy atom. The number of amides is 1. The number of aromatic amines is 1. The van der Waals surface area contributed by atoms with Gasteiger partial charge < -0.3 is 14.3 Å². The smallest absolute Gasteiger partial charge is 0.270 e. The molecule has 1 aliphatic heterocycles. The van der Waals surface area contributed by atoms with E-state index in [1.807, 2.05) is 29.2 Å². The number of carbonyl (C=O) groups is 1. The van der Waals surface area contributed by atoms with Gasteiger partial charge in [0.05, 0.1) is 12.1 Å². The molecule has 1 saturated heterocycles. The Hall–Kier alpha value is -3.12. The number of carbonyl (C=O) groups excluding carboxylic acids is 1. The standard InChI is InChI=1S/C24H21ClFN3O2/c25-20-6-2-1-4-15(20)10-19-13-27-23(31-19)17-5-3-9-29(14-17)24(30)22-11-16-7-8-18(26)12-21(16)28-22/h1-2,4,6-8,11-13,17,28H,3,5,9-10,14H2. The molecule has 31 heavy (non-hydrogen) atoms. The van der Waals surface area contributed by atoms with Crippen molar-refractivity contribution in [3.63, 3.8) is 0 Å². The molecule has 1 fully saturated rings. The monoisotopic (exact) mass is 437 g/mol. The molecule has 0 aliphatic carbocycles. The average molecular weight is 438 g/mol. The number of halogens is 2. The van der Waals surface area contributed by atoms with Crippen molar-refractivity contribution < 1.29 is 13.6 Å². The molecule has 5 rings (SSSR count). The lowest BCUT2D eigenvalue weighted by Gasteiger charge is -2.31. The van der Waals surface area contributed by atoms with E-state index in [2.05, 4.69) is 9.97 Å². The molecule has 1 N–H and O–H groups in total. The Morgan fingerprint density at radius 2 is 2.13 bits per heavy atom. The molecule has 1 atom stereocenters. The zero-order valence-corrected chi connectivity index (χ0v) is 17.5. The minimum absolute atomic E-state index is 0.0412. The molecule has 2 aromatic carbocycles. The van der Waals surface area contributed by atoms with Crippen molar-refractivity contribution in [1.29, 1.82) is 0 Å².